The van der Waals surface area contributed by atoms with Crippen LogP contribution in [0.25, 0.3) is 0 Å². The summed E-state index contributed by atoms with van der Waals surface area (Å²) in [7, 11) is 0. The quantitative estimate of drug-likeness (QED) is 0.885. The highest BCUT2D eigenvalue weighted by molar-refractivity contribution is 5.31. The molecule has 0 spiro atoms. The molecular weight excluding hydrogens is 231 g/mol. The van der Waals surface area contributed by atoms with Crippen LogP contribution in [-0.2, 0) is 0 Å². The second-order valence-corrected chi connectivity index (χ2v) is 4.28. The van der Waals surface area contributed by atoms with E-state index in [0.29, 0.717) is 5.75 Å². The van der Waals surface area contributed by atoms with Crippen molar-refractivity contribution in [1.82, 2.24) is 0 Å². The van der Waals surface area contributed by atoms with Crippen molar-refractivity contribution in [3.05, 3.63) is 29.6 Å². The van der Waals surface area contributed by atoms with Crippen molar-refractivity contribution < 1.29 is 17.9 Å². The number of halogens is 3. The van der Waals surface area contributed by atoms with E-state index in [1.165, 1.54) is 12.1 Å². The third kappa shape index (κ3) is 2.72. The van der Waals surface area contributed by atoms with E-state index in [2.05, 4.69) is 0 Å². The van der Waals surface area contributed by atoms with Crippen molar-refractivity contribution in [3.8, 4) is 5.75 Å². The van der Waals surface area contributed by atoms with E-state index in [9.17, 15) is 13.2 Å². The van der Waals surface area contributed by atoms with Crippen LogP contribution < -0.4 is 10.5 Å². The molecule has 1 atom stereocenters. The molecule has 1 aromatic rings. The van der Waals surface area contributed by atoms with Gasteiger partial charge in [-0.3, -0.25) is 0 Å². The number of benzene rings is 1. The van der Waals surface area contributed by atoms with Gasteiger partial charge in [0.05, 0.1) is 0 Å². The molecule has 94 valence electrons. The molecule has 2 N–H and O–H groups in total. The fraction of sp³-hybridized carbons (Fsp3) is 0.500. The molecule has 0 radical (unpaired) electrons. The van der Waals surface area contributed by atoms with E-state index in [1.807, 2.05) is 0 Å². The number of alkyl halides is 2. The van der Waals surface area contributed by atoms with Crippen LogP contribution >= 0.6 is 0 Å². The SMILES string of the molecule is N[C@H]1C[C@H](Oc2ccc(F)c(C(F)CF)c2)C1. The van der Waals surface area contributed by atoms with Gasteiger partial charge in [-0.05, 0) is 31.0 Å². The molecule has 0 heterocycles. The highest BCUT2D eigenvalue weighted by atomic mass is 19.2. The molecule has 1 aliphatic carbocycles. The van der Waals surface area contributed by atoms with Gasteiger partial charge in [0, 0.05) is 11.6 Å². The van der Waals surface area contributed by atoms with Crippen molar-refractivity contribution in [2.24, 2.45) is 5.73 Å². The lowest BCUT2D eigenvalue weighted by Gasteiger charge is -2.32. The van der Waals surface area contributed by atoms with Gasteiger partial charge >= 0.3 is 0 Å². The van der Waals surface area contributed by atoms with Crippen LogP contribution in [0.1, 0.15) is 24.6 Å². The van der Waals surface area contributed by atoms with Gasteiger partial charge in [0.2, 0.25) is 0 Å². The van der Waals surface area contributed by atoms with Crippen molar-refractivity contribution in [3.63, 3.8) is 0 Å². The van der Waals surface area contributed by atoms with Crippen LogP contribution in [0.2, 0.25) is 0 Å². The number of rotatable bonds is 4. The number of hydrogen-bond acceptors (Lipinski definition) is 2. The number of hydrogen-bond donors (Lipinski definition) is 1. The molecule has 1 aromatic carbocycles. The minimum absolute atomic E-state index is 0.00764. The molecule has 0 bridgehead atoms. The zero-order chi connectivity index (χ0) is 12.4. The van der Waals surface area contributed by atoms with Gasteiger partial charge in [-0.15, -0.1) is 0 Å². The third-order valence-electron chi connectivity index (χ3n) is 2.87. The highest BCUT2D eigenvalue weighted by Gasteiger charge is 2.28. The standard InChI is InChI=1S/C12H14F3NO/c13-6-12(15)10-5-8(1-2-11(10)14)17-9-3-7(16)4-9/h1-2,5,7,9,12H,3-4,6,16H2/t7-,9-,12?. The van der Waals surface area contributed by atoms with E-state index >= 15 is 0 Å². The molecule has 1 saturated carbocycles. The van der Waals surface area contributed by atoms with Crippen molar-refractivity contribution in [2.45, 2.75) is 31.2 Å². The maximum atomic E-state index is 13.2. The molecule has 0 amide bonds. The van der Waals surface area contributed by atoms with E-state index < -0.39 is 18.7 Å². The average Bonchev–Trinajstić information content (AvgIpc) is 2.28. The van der Waals surface area contributed by atoms with Gasteiger partial charge < -0.3 is 10.5 Å². The summed E-state index contributed by atoms with van der Waals surface area (Å²) in [6.07, 6.45) is -0.488. The lowest BCUT2D eigenvalue weighted by Crippen LogP contribution is -2.43. The summed E-state index contributed by atoms with van der Waals surface area (Å²) in [6, 6.07) is 3.85. The van der Waals surface area contributed by atoms with Gasteiger partial charge in [-0.2, -0.15) is 0 Å². The van der Waals surface area contributed by atoms with E-state index in [-0.39, 0.29) is 17.7 Å². The van der Waals surface area contributed by atoms with Crippen molar-refractivity contribution in [1.29, 1.82) is 0 Å². The third-order valence-corrected chi connectivity index (χ3v) is 2.87. The van der Waals surface area contributed by atoms with Crippen LogP contribution in [0.5, 0.6) is 5.75 Å². The largest absolute Gasteiger partial charge is 0.490 e. The van der Waals surface area contributed by atoms with E-state index in [1.54, 1.807) is 0 Å². The van der Waals surface area contributed by atoms with Gasteiger partial charge in [-0.25, -0.2) is 13.2 Å². The monoisotopic (exact) mass is 245 g/mol. The highest BCUT2D eigenvalue weighted by Crippen LogP contribution is 2.29. The van der Waals surface area contributed by atoms with Gasteiger partial charge in [0.15, 0.2) is 6.17 Å². The summed E-state index contributed by atoms with van der Waals surface area (Å²) in [6.45, 7) is -1.24. The molecule has 17 heavy (non-hydrogen) atoms. The van der Waals surface area contributed by atoms with E-state index in [4.69, 9.17) is 10.5 Å². The summed E-state index contributed by atoms with van der Waals surface area (Å²) in [5.74, 6) is -0.401. The average molecular weight is 245 g/mol. The smallest absolute Gasteiger partial charge is 0.156 e. The Morgan fingerprint density at radius 3 is 2.71 bits per heavy atom. The lowest BCUT2D eigenvalue weighted by molar-refractivity contribution is 0.100. The molecule has 2 nitrogen and oxygen atoms in total. The fourth-order valence-corrected chi connectivity index (χ4v) is 1.81. The molecule has 1 unspecified atom stereocenters. The fourth-order valence-electron chi connectivity index (χ4n) is 1.81. The molecular formula is C12H14F3NO. The Kier molecular flexibility index (Phi) is 3.57. The molecule has 0 saturated heterocycles. The van der Waals surface area contributed by atoms with Crippen molar-refractivity contribution >= 4 is 0 Å². The topological polar surface area (TPSA) is 35.2 Å². The minimum Gasteiger partial charge on any atom is -0.490 e. The first kappa shape index (κ1) is 12.2. The number of nitrogens with two attached hydrogens (primary N) is 1. The molecule has 0 aliphatic heterocycles. The van der Waals surface area contributed by atoms with Crippen LogP contribution in [-0.4, -0.2) is 18.8 Å². The maximum absolute atomic E-state index is 13.2. The van der Waals surface area contributed by atoms with Crippen LogP contribution in [0, 0.1) is 5.82 Å². The molecule has 2 rings (SSSR count). The first-order valence-electron chi connectivity index (χ1n) is 5.52. The summed E-state index contributed by atoms with van der Waals surface area (Å²) in [5.41, 5.74) is 5.30. The van der Waals surface area contributed by atoms with Crippen LogP contribution in [0.15, 0.2) is 18.2 Å². The second-order valence-electron chi connectivity index (χ2n) is 4.28. The predicted molar refractivity (Wildman–Crippen MR) is 57.8 cm³/mol. The predicted octanol–water partition coefficient (Wildman–Crippen LogP) is 2.67. The Morgan fingerprint density at radius 2 is 2.12 bits per heavy atom. The van der Waals surface area contributed by atoms with Gasteiger partial charge in [-0.1, -0.05) is 0 Å². The zero-order valence-corrected chi connectivity index (χ0v) is 9.20. The van der Waals surface area contributed by atoms with Crippen LogP contribution in [0.3, 0.4) is 0 Å². The minimum atomic E-state index is -1.94. The Hall–Kier alpha value is -1.23. The van der Waals surface area contributed by atoms with E-state index in [0.717, 1.165) is 18.9 Å². The zero-order valence-electron chi connectivity index (χ0n) is 9.20. The summed E-state index contributed by atoms with van der Waals surface area (Å²) < 4.78 is 44.0. The normalized spacial score (nSPS) is 25.2. The first-order chi connectivity index (χ1) is 8.10. The first-order valence-corrected chi connectivity index (χ1v) is 5.52. The van der Waals surface area contributed by atoms with Gasteiger partial charge in [0.1, 0.15) is 24.3 Å². The van der Waals surface area contributed by atoms with Gasteiger partial charge in [0.25, 0.3) is 0 Å². The Bertz CT molecular complexity index is 393. The summed E-state index contributed by atoms with van der Waals surface area (Å²) >= 11 is 0. The lowest BCUT2D eigenvalue weighted by atomic mass is 9.90. The Labute approximate surface area is 97.6 Å². The molecule has 5 heteroatoms. The molecule has 1 aliphatic rings. The maximum Gasteiger partial charge on any atom is 0.156 e. The Balaban J connectivity index is 2.08. The number of ether oxygens (including phenoxy) is 1. The summed E-state index contributed by atoms with van der Waals surface area (Å²) in [4.78, 5) is 0. The summed E-state index contributed by atoms with van der Waals surface area (Å²) in [5, 5.41) is 0. The molecule has 0 aromatic heterocycles. The van der Waals surface area contributed by atoms with Crippen LogP contribution in [0.4, 0.5) is 13.2 Å². The Morgan fingerprint density at radius 1 is 1.41 bits per heavy atom. The van der Waals surface area contributed by atoms with Crippen molar-refractivity contribution in [2.75, 3.05) is 6.67 Å². The second kappa shape index (κ2) is 4.96. The molecule has 1 fully saturated rings.